The number of hydrogen-bond donors (Lipinski definition) is 1. The normalized spacial score (nSPS) is 15.9. The number of carboxylic acid groups (broad SMARTS) is 1. The van der Waals surface area contributed by atoms with Crippen LogP contribution in [0, 0.1) is 0 Å². The van der Waals surface area contributed by atoms with Crippen LogP contribution in [-0.4, -0.2) is 25.3 Å². The Kier molecular flexibility index (Phi) is 3.69. The minimum absolute atomic E-state index is 0.166. The van der Waals surface area contributed by atoms with Gasteiger partial charge in [-0.05, 0) is 25.3 Å². The molecule has 1 aliphatic carbocycles. The summed E-state index contributed by atoms with van der Waals surface area (Å²) in [6.45, 7) is 2.04. The molecule has 1 N–H and O–H groups in total. The Labute approximate surface area is 113 Å². The van der Waals surface area contributed by atoms with Crippen molar-refractivity contribution in [2.24, 2.45) is 0 Å². The first-order chi connectivity index (χ1) is 9.07. The summed E-state index contributed by atoms with van der Waals surface area (Å²) in [5.41, 5.74) is 1.78. The third-order valence-corrected chi connectivity index (χ3v) is 3.91. The summed E-state index contributed by atoms with van der Waals surface area (Å²) < 4.78 is 10.9. The van der Waals surface area contributed by atoms with E-state index in [9.17, 15) is 4.79 Å². The SMILES string of the molecule is CCc1c(OC)ccc(C2(CC(=O)O)CC2)c1OC. The van der Waals surface area contributed by atoms with Crippen molar-refractivity contribution < 1.29 is 19.4 Å². The van der Waals surface area contributed by atoms with Crippen LogP contribution in [-0.2, 0) is 16.6 Å². The highest BCUT2D eigenvalue weighted by atomic mass is 16.5. The predicted molar refractivity (Wildman–Crippen MR) is 72.1 cm³/mol. The molecule has 1 saturated carbocycles. The van der Waals surface area contributed by atoms with E-state index in [-0.39, 0.29) is 11.8 Å². The molecule has 19 heavy (non-hydrogen) atoms. The number of ether oxygens (including phenoxy) is 2. The van der Waals surface area contributed by atoms with Crippen molar-refractivity contribution in [3.05, 3.63) is 23.3 Å². The van der Waals surface area contributed by atoms with Crippen molar-refractivity contribution in [3.63, 3.8) is 0 Å². The first-order valence-corrected chi connectivity index (χ1v) is 6.54. The van der Waals surface area contributed by atoms with E-state index in [0.717, 1.165) is 41.9 Å². The Hall–Kier alpha value is -1.71. The Bertz CT molecular complexity index is 489. The number of aliphatic carboxylic acids is 1. The van der Waals surface area contributed by atoms with Gasteiger partial charge in [0.2, 0.25) is 0 Å². The maximum Gasteiger partial charge on any atom is 0.304 e. The first kappa shape index (κ1) is 13.7. The zero-order valence-corrected chi connectivity index (χ0v) is 11.7. The van der Waals surface area contributed by atoms with Crippen LogP contribution in [0.1, 0.15) is 37.3 Å². The van der Waals surface area contributed by atoms with Crippen molar-refractivity contribution in [1.82, 2.24) is 0 Å². The molecule has 0 radical (unpaired) electrons. The molecule has 1 aromatic carbocycles. The van der Waals surface area contributed by atoms with Gasteiger partial charge in [0.25, 0.3) is 0 Å². The van der Waals surface area contributed by atoms with Crippen molar-refractivity contribution in [3.8, 4) is 11.5 Å². The lowest BCUT2D eigenvalue weighted by atomic mass is 9.89. The highest BCUT2D eigenvalue weighted by Gasteiger charge is 2.48. The monoisotopic (exact) mass is 264 g/mol. The molecule has 1 aliphatic rings. The summed E-state index contributed by atoms with van der Waals surface area (Å²) in [5.74, 6) is 0.836. The molecule has 0 saturated heterocycles. The molecule has 4 nitrogen and oxygen atoms in total. The highest BCUT2D eigenvalue weighted by molar-refractivity contribution is 5.71. The lowest BCUT2D eigenvalue weighted by Crippen LogP contribution is -2.15. The number of carbonyl (C=O) groups is 1. The average Bonchev–Trinajstić information content (AvgIpc) is 3.16. The second kappa shape index (κ2) is 5.11. The van der Waals surface area contributed by atoms with E-state index in [0.29, 0.717) is 0 Å². The third kappa shape index (κ3) is 2.39. The Morgan fingerprint density at radius 2 is 2.00 bits per heavy atom. The second-order valence-electron chi connectivity index (χ2n) is 5.03. The quantitative estimate of drug-likeness (QED) is 0.858. The van der Waals surface area contributed by atoms with Gasteiger partial charge in [0.15, 0.2) is 0 Å². The largest absolute Gasteiger partial charge is 0.496 e. The first-order valence-electron chi connectivity index (χ1n) is 6.54. The molecule has 104 valence electrons. The molecule has 4 heteroatoms. The van der Waals surface area contributed by atoms with Gasteiger partial charge in [0.1, 0.15) is 11.5 Å². The predicted octanol–water partition coefficient (Wildman–Crippen LogP) is 2.77. The van der Waals surface area contributed by atoms with Crippen molar-refractivity contribution in [1.29, 1.82) is 0 Å². The number of carboxylic acids is 1. The summed E-state index contributed by atoms with van der Waals surface area (Å²) in [4.78, 5) is 11.0. The summed E-state index contributed by atoms with van der Waals surface area (Å²) in [5, 5.41) is 9.08. The molecule has 1 aromatic rings. The van der Waals surface area contributed by atoms with Gasteiger partial charge in [0.05, 0.1) is 20.6 Å². The van der Waals surface area contributed by atoms with Crippen molar-refractivity contribution in [2.45, 2.75) is 38.0 Å². The zero-order valence-electron chi connectivity index (χ0n) is 11.7. The van der Waals surface area contributed by atoms with Gasteiger partial charge < -0.3 is 14.6 Å². The zero-order chi connectivity index (χ0) is 14.0. The molecule has 0 amide bonds. The van der Waals surface area contributed by atoms with Crippen LogP contribution in [0.2, 0.25) is 0 Å². The van der Waals surface area contributed by atoms with Gasteiger partial charge in [-0.25, -0.2) is 0 Å². The summed E-state index contributed by atoms with van der Waals surface area (Å²) in [7, 11) is 3.27. The molecule has 0 aliphatic heterocycles. The van der Waals surface area contributed by atoms with Gasteiger partial charge in [0, 0.05) is 16.5 Å². The van der Waals surface area contributed by atoms with Crippen molar-refractivity contribution >= 4 is 5.97 Å². The van der Waals surface area contributed by atoms with Gasteiger partial charge in [-0.15, -0.1) is 0 Å². The minimum Gasteiger partial charge on any atom is -0.496 e. The standard InChI is InChI=1S/C15H20O4/c1-4-10-12(18-2)6-5-11(14(10)19-3)15(7-8-15)9-13(16)17/h5-6H,4,7-9H2,1-3H3,(H,16,17). The molecular weight excluding hydrogens is 244 g/mol. The van der Waals surface area contributed by atoms with Crippen molar-refractivity contribution in [2.75, 3.05) is 14.2 Å². The molecule has 0 bridgehead atoms. The number of benzene rings is 1. The van der Waals surface area contributed by atoms with E-state index in [1.54, 1.807) is 14.2 Å². The maximum absolute atomic E-state index is 11.0. The third-order valence-electron chi connectivity index (χ3n) is 3.91. The van der Waals surface area contributed by atoms with E-state index in [2.05, 4.69) is 0 Å². The molecule has 0 aromatic heterocycles. The lowest BCUT2D eigenvalue weighted by Gasteiger charge is -2.21. The topological polar surface area (TPSA) is 55.8 Å². The van der Waals surface area contributed by atoms with Crippen LogP contribution in [0.5, 0.6) is 11.5 Å². The molecule has 0 spiro atoms. The molecule has 0 unspecified atom stereocenters. The number of rotatable bonds is 6. The minimum atomic E-state index is -0.756. The Morgan fingerprint density at radius 3 is 2.42 bits per heavy atom. The smallest absolute Gasteiger partial charge is 0.304 e. The van der Waals surface area contributed by atoms with Crippen LogP contribution >= 0.6 is 0 Å². The molecular formula is C15H20O4. The Morgan fingerprint density at radius 1 is 1.32 bits per heavy atom. The fraction of sp³-hybridized carbons (Fsp3) is 0.533. The molecule has 0 heterocycles. The van der Waals surface area contributed by atoms with Crippen LogP contribution in [0.4, 0.5) is 0 Å². The number of methoxy groups -OCH3 is 2. The maximum atomic E-state index is 11.0. The molecule has 1 fully saturated rings. The van der Waals surface area contributed by atoms with E-state index >= 15 is 0 Å². The second-order valence-corrected chi connectivity index (χ2v) is 5.03. The molecule has 0 atom stereocenters. The Balaban J connectivity index is 2.49. The lowest BCUT2D eigenvalue weighted by molar-refractivity contribution is -0.137. The fourth-order valence-electron chi connectivity index (χ4n) is 2.77. The molecule has 2 rings (SSSR count). The summed E-state index contributed by atoms with van der Waals surface area (Å²) in [6, 6.07) is 3.87. The highest BCUT2D eigenvalue weighted by Crippen LogP contribution is 2.55. The number of hydrogen-bond acceptors (Lipinski definition) is 3. The van der Waals surface area contributed by atoms with Gasteiger partial charge >= 0.3 is 5.97 Å². The van der Waals surface area contributed by atoms with Crippen LogP contribution in [0.15, 0.2) is 12.1 Å². The summed E-state index contributed by atoms with van der Waals surface area (Å²) >= 11 is 0. The van der Waals surface area contributed by atoms with E-state index in [1.807, 2.05) is 19.1 Å². The van der Waals surface area contributed by atoms with E-state index < -0.39 is 5.97 Å². The van der Waals surface area contributed by atoms with Crippen LogP contribution in [0.3, 0.4) is 0 Å². The van der Waals surface area contributed by atoms with Gasteiger partial charge in [-0.2, -0.15) is 0 Å². The van der Waals surface area contributed by atoms with Gasteiger partial charge in [-0.1, -0.05) is 13.0 Å². The summed E-state index contributed by atoms with van der Waals surface area (Å²) in [6.07, 6.45) is 2.78. The fourth-order valence-corrected chi connectivity index (χ4v) is 2.77. The van der Waals surface area contributed by atoms with Crippen LogP contribution in [0.25, 0.3) is 0 Å². The average molecular weight is 264 g/mol. The van der Waals surface area contributed by atoms with Gasteiger partial charge in [-0.3, -0.25) is 4.79 Å². The van der Waals surface area contributed by atoms with E-state index in [1.165, 1.54) is 0 Å². The van der Waals surface area contributed by atoms with Crippen LogP contribution < -0.4 is 9.47 Å². The van der Waals surface area contributed by atoms with E-state index in [4.69, 9.17) is 14.6 Å².